The number of rotatable bonds is 4. The molecule has 0 aliphatic carbocycles. The highest BCUT2D eigenvalue weighted by Gasteiger charge is 2.26. The van der Waals surface area contributed by atoms with Crippen molar-refractivity contribution in [3.8, 4) is 11.3 Å². The zero-order valence-electron chi connectivity index (χ0n) is 13.3. The van der Waals surface area contributed by atoms with E-state index in [1.54, 1.807) is 18.3 Å². The van der Waals surface area contributed by atoms with E-state index in [4.69, 9.17) is 11.6 Å². The molecule has 0 fully saturated rings. The van der Waals surface area contributed by atoms with Crippen molar-refractivity contribution in [3.63, 3.8) is 0 Å². The van der Waals surface area contributed by atoms with Gasteiger partial charge in [-0.1, -0.05) is 29.8 Å². The third kappa shape index (κ3) is 3.63. The lowest BCUT2D eigenvalue weighted by Crippen LogP contribution is -2.41. The highest BCUT2D eigenvalue weighted by Crippen LogP contribution is 2.24. The maximum absolute atomic E-state index is 12.6. The van der Waals surface area contributed by atoms with Crippen LogP contribution in [0.1, 0.15) is 29.3 Å². The van der Waals surface area contributed by atoms with Crippen LogP contribution in [0.3, 0.4) is 0 Å². The number of hydrogen-bond donors (Lipinski definition) is 1. The number of thiazole rings is 1. The van der Waals surface area contributed by atoms with E-state index in [0.717, 1.165) is 10.6 Å². The Morgan fingerprint density at radius 2 is 2.00 bits per heavy atom. The second-order valence-corrected chi connectivity index (χ2v) is 7.17. The molecule has 0 spiro atoms. The zero-order valence-corrected chi connectivity index (χ0v) is 14.9. The van der Waals surface area contributed by atoms with Gasteiger partial charge in [0, 0.05) is 22.2 Å². The Morgan fingerprint density at radius 3 is 2.71 bits per heavy atom. The van der Waals surface area contributed by atoms with E-state index in [9.17, 15) is 4.79 Å². The summed E-state index contributed by atoms with van der Waals surface area (Å²) in [7, 11) is 0. The Morgan fingerprint density at radius 1 is 1.21 bits per heavy atom. The lowest BCUT2D eigenvalue weighted by atomic mass is 10.1. The average Bonchev–Trinajstić information content (AvgIpc) is 3.10. The third-order valence-corrected chi connectivity index (χ3v) is 4.83. The van der Waals surface area contributed by atoms with Crippen molar-refractivity contribution in [1.82, 2.24) is 15.3 Å². The van der Waals surface area contributed by atoms with E-state index in [2.05, 4.69) is 15.3 Å². The first-order valence-electron chi connectivity index (χ1n) is 7.41. The van der Waals surface area contributed by atoms with Gasteiger partial charge in [0.15, 0.2) is 0 Å². The largest absolute Gasteiger partial charge is 0.339 e. The molecule has 0 bridgehead atoms. The summed E-state index contributed by atoms with van der Waals surface area (Å²) < 4.78 is 0. The van der Waals surface area contributed by atoms with Crippen molar-refractivity contribution < 1.29 is 4.79 Å². The number of aromatic nitrogens is 2. The summed E-state index contributed by atoms with van der Waals surface area (Å²) in [4.78, 5) is 21.3. The fourth-order valence-electron chi connectivity index (χ4n) is 2.30. The maximum Gasteiger partial charge on any atom is 0.270 e. The number of pyridine rings is 1. The molecule has 1 N–H and O–H groups in total. The molecule has 0 saturated heterocycles. The van der Waals surface area contributed by atoms with Crippen LogP contribution < -0.4 is 5.32 Å². The highest BCUT2D eigenvalue weighted by atomic mass is 35.5. The van der Waals surface area contributed by atoms with E-state index >= 15 is 0 Å². The standard InChI is InChI=1S/C18H16ClN3OS/c1-18(2,17-20-9-10-24-17)22-16(23)15-8-4-7-14(21-15)12-5-3-6-13(19)11-12/h3-11H,1-2H3,(H,22,23). The van der Waals surface area contributed by atoms with Crippen molar-refractivity contribution in [2.45, 2.75) is 19.4 Å². The first kappa shape index (κ1) is 16.6. The summed E-state index contributed by atoms with van der Waals surface area (Å²) in [6.07, 6.45) is 1.73. The van der Waals surface area contributed by atoms with Crippen molar-refractivity contribution in [1.29, 1.82) is 0 Å². The average molecular weight is 358 g/mol. The predicted molar refractivity (Wildman–Crippen MR) is 97.3 cm³/mol. The summed E-state index contributed by atoms with van der Waals surface area (Å²) in [6, 6.07) is 12.8. The normalized spacial score (nSPS) is 11.3. The number of nitrogens with zero attached hydrogens (tertiary/aromatic N) is 2. The van der Waals surface area contributed by atoms with Gasteiger partial charge in [-0.3, -0.25) is 4.79 Å². The minimum atomic E-state index is -0.557. The topological polar surface area (TPSA) is 54.9 Å². The molecule has 0 atom stereocenters. The molecule has 3 rings (SSSR count). The van der Waals surface area contributed by atoms with Crippen LogP contribution in [0.5, 0.6) is 0 Å². The van der Waals surface area contributed by atoms with Crippen LogP contribution in [-0.2, 0) is 5.54 Å². The number of hydrogen-bond acceptors (Lipinski definition) is 4. The zero-order chi connectivity index (χ0) is 17.2. The second-order valence-electron chi connectivity index (χ2n) is 5.83. The molecule has 24 heavy (non-hydrogen) atoms. The molecule has 0 aliphatic rings. The Kier molecular flexibility index (Phi) is 4.64. The number of carbonyl (C=O) groups is 1. The van der Waals surface area contributed by atoms with Gasteiger partial charge < -0.3 is 5.32 Å². The third-order valence-electron chi connectivity index (χ3n) is 3.50. The lowest BCUT2D eigenvalue weighted by Gasteiger charge is -2.23. The number of halogens is 1. The number of carbonyl (C=O) groups excluding carboxylic acids is 1. The Labute approximate surface area is 149 Å². The van der Waals surface area contributed by atoms with Crippen molar-refractivity contribution >= 4 is 28.8 Å². The van der Waals surface area contributed by atoms with Gasteiger partial charge in [-0.2, -0.15) is 0 Å². The summed E-state index contributed by atoms with van der Waals surface area (Å²) in [6.45, 7) is 3.84. The summed E-state index contributed by atoms with van der Waals surface area (Å²) >= 11 is 7.54. The van der Waals surface area contributed by atoms with Crippen molar-refractivity contribution in [2.75, 3.05) is 0 Å². The van der Waals surface area contributed by atoms with E-state index in [-0.39, 0.29) is 5.91 Å². The van der Waals surface area contributed by atoms with Gasteiger partial charge in [-0.05, 0) is 38.1 Å². The molecule has 2 aromatic heterocycles. The Hall–Kier alpha value is -2.24. The number of benzene rings is 1. The molecule has 2 heterocycles. The minimum absolute atomic E-state index is 0.237. The van der Waals surface area contributed by atoms with Gasteiger partial charge in [0.05, 0.1) is 11.2 Å². The summed E-state index contributed by atoms with van der Waals surface area (Å²) in [5.74, 6) is -0.237. The molecule has 4 nitrogen and oxygen atoms in total. The summed E-state index contributed by atoms with van der Waals surface area (Å²) in [5.41, 5.74) is 1.38. The smallest absolute Gasteiger partial charge is 0.270 e. The molecule has 1 aromatic carbocycles. The van der Waals surface area contributed by atoms with Crippen LogP contribution in [0.4, 0.5) is 0 Å². The van der Waals surface area contributed by atoms with E-state index < -0.39 is 5.54 Å². The Balaban J connectivity index is 1.85. The molecular weight excluding hydrogens is 342 g/mol. The van der Waals surface area contributed by atoms with Crippen molar-refractivity contribution in [3.05, 3.63) is 69.8 Å². The number of nitrogens with one attached hydrogen (secondary N) is 1. The second kappa shape index (κ2) is 6.71. The van der Waals surface area contributed by atoms with Crippen LogP contribution in [-0.4, -0.2) is 15.9 Å². The summed E-state index contributed by atoms with van der Waals surface area (Å²) in [5, 5.41) is 6.36. The van der Waals surface area contributed by atoms with Crippen LogP contribution in [0, 0.1) is 0 Å². The molecule has 0 radical (unpaired) electrons. The molecular formula is C18H16ClN3OS. The van der Waals surface area contributed by atoms with Crippen molar-refractivity contribution in [2.24, 2.45) is 0 Å². The first-order valence-corrected chi connectivity index (χ1v) is 8.67. The fourth-order valence-corrected chi connectivity index (χ4v) is 3.21. The molecule has 0 unspecified atom stereocenters. The highest BCUT2D eigenvalue weighted by molar-refractivity contribution is 7.09. The van der Waals surface area contributed by atoms with E-state index in [0.29, 0.717) is 16.4 Å². The lowest BCUT2D eigenvalue weighted by molar-refractivity contribution is 0.0907. The Bertz CT molecular complexity index is 862. The van der Waals surface area contributed by atoms with Gasteiger partial charge >= 0.3 is 0 Å². The van der Waals surface area contributed by atoms with Gasteiger partial charge in [0.1, 0.15) is 10.7 Å². The number of amides is 1. The van der Waals surface area contributed by atoms with Crippen LogP contribution in [0.25, 0.3) is 11.3 Å². The van der Waals surface area contributed by atoms with Crippen LogP contribution >= 0.6 is 22.9 Å². The van der Waals surface area contributed by atoms with Crippen LogP contribution in [0.2, 0.25) is 5.02 Å². The van der Waals surface area contributed by atoms with E-state index in [1.165, 1.54) is 11.3 Å². The first-order chi connectivity index (χ1) is 11.5. The molecule has 0 aliphatic heterocycles. The van der Waals surface area contributed by atoms with Gasteiger partial charge in [-0.25, -0.2) is 9.97 Å². The van der Waals surface area contributed by atoms with Gasteiger partial charge in [0.25, 0.3) is 5.91 Å². The molecule has 1 amide bonds. The minimum Gasteiger partial charge on any atom is -0.339 e. The van der Waals surface area contributed by atoms with Crippen LogP contribution in [0.15, 0.2) is 54.0 Å². The molecule has 122 valence electrons. The monoisotopic (exact) mass is 357 g/mol. The maximum atomic E-state index is 12.6. The predicted octanol–water partition coefficient (Wildman–Crippen LogP) is 4.52. The quantitative estimate of drug-likeness (QED) is 0.746. The SMILES string of the molecule is CC(C)(NC(=O)c1cccc(-c2cccc(Cl)c2)n1)c1nccs1. The molecule has 6 heteroatoms. The molecule has 3 aromatic rings. The van der Waals surface area contributed by atoms with Gasteiger partial charge in [-0.15, -0.1) is 11.3 Å². The molecule has 0 saturated carbocycles. The van der Waals surface area contributed by atoms with E-state index in [1.807, 2.05) is 49.6 Å². The fraction of sp³-hybridized carbons (Fsp3) is 0.167. The van der Waals surface area contributed by atoms with Gasteiger partial charge in [0.2, 0.25) is 0 Å².